The van der Waals surface area contributed by atoms with E-state index in [2.05, 4.69) is 25.3 Å². The quantitative estimate of drug-likeness (QED) is 0.705. The van der Waals surface area contributed by atoms with Crippen LogP contribution in [-0.2, 0) is 12.7 Å². The van der Waals surface area contributed by atoms with Gasteiger partial charge in [-0.3, -0.25) is 4.79 Å². The molecule has 0 amide bonds. The van der Waals surface area contributed by atoms with Crippen molar-refractivity contribution >= 4 is 11.7 Å². The van der Waals surface area contributed by atoms with Gasteiger partial charge in [0, 0.05) is 42.5 Å². The molecule has 0 atom stereocenters. The van der Waals surface area contributed by atoms with Crippen molar-refractivity contribution < 1.29 is 18.0 Å². The van der Waals surface area contributed by atoms with Crippen molar-refractivity contribution in [3.05, 3.63) is 77.6 Å². The summed E-state index contributed by atoms with van der Waals surface area (Å²) in [4.78, 5) is 28.1. The van der Waals surface area contributed by atoms with Crippen LogP contribution in [0.5, 0.6) is 0 Å². The molecular formula is C17H12F3N5O. The highest BCUT2D eigenvalue weighted by atomic mass is 19.4. The molecule has 0 fully saturated rings. The average Bonchev–Trinajstić information content (AvgIpc) is 2.66. The van der Waals surface area contributed by atoms with Gasteiger partial charge in [-0.1, -0.05) is 12.1 Å². The molecule has 1 aromatic carbocycles. The van der Waals surface area contributed by atoms with E-state index in [4.69, 9.17) is 0 Å². The van der Waals surface area contributed by atoms with Gasteiger partial charge in [0.2, 0.25) is 5.95 Å². The average molecular weight is 359 g/mol. The highest BCUT2D eigenvalue weighted by Gasteiger charge is 2.31. The molecule has 26 heavy (non-hydrogen) atoms. The maximum absolute atomic E-state index is 12.8. The molecule has 0 saturated carbocycles. The van der Waals surface area contributed by atoms with E-state index in [1.54, 1.807) is 12.4 Å². The van der Waals surface area contributed by atoms with E-state index in [9.17, 15) is 18.0 Å². The van der Waals surface area contributed by atoms with Gasteiger partial charge in [0.05, 0.1) is 11.1 Å². The van der Waals surface area contributed by atoms with Crippen molar-refractivity contribution in [2.75, 3.05) is 5.32 Å². The number of hydrogen-bond donors (Lipinski definition) is 1. The number of carbonyl (C=O) groups excluding carboxylic acids is 1. The minimum absolute atomic E-state index is 0.0782. The van der Waals surface area contributed by atoms with E-state index in [0.29, 0.717) is 6.54 Å². The zero-order valence-electron chi connectivity index (χ0n) is 13.2. The number of carbonyl (C=O) groups is 1. The number of rotatable bonds is 5. The second kappa shape index (κ2) is 7.26. The van der Waals surface area contributed by atoms with Gasteiger partial charge in [-0.25, -0.2) is 19.9 Å². The highest BCUT2D eigenvalue weighted by molar-refractivity contribution is 6.08. The lowest BCUT2D eigenvalue weighted by atomic mass is 10.0. The zero-order valence-corrected chi connectivity index (χ0v) is 13.2. The maximum atomic E-state index is 12.8. The van der Waals surface area contributed by atoms with E-state index in [1.165, 1.54) is 30.9 Å². The van der Waals surface area contributed by atoms with Gasteiger partial charge in [-0.05, 0) is 12.1 Å². The Morgan fingerprint density at radius 3 is 2.35 bits per heavy atom. The van der Waals surface area contributed by atoms with Crippen molar-refractivity contribution in [1.29, 1.82) is 0 Å². The number of nitrogens with one attached hydrogen (secondary N) is 1. The lowest BCUT2D eigenvalue weighted by molar-refractivity contribution is -0.137. The minimum atomic E-state index is -4.51. The molecule has 0 spiro atoms. The third-order valence-electron chi connectivity index (χ3n) is 3.43. The minimum Gasteiger partial charge on any atom is -0.350 e. The second-order valence-electron chi connectivity index (χ2n) is 5.30. The molecule has 132 valence electrons. The third kappa shape index (κ3) is 4.18. The van der Waals surface area contributed by atoms with Crippen molar-refractivity contribution in [1.82, 2.24) is 19.9 Å². The summed E-state index contributed by atoms with van der Waals surface area (Å²) >= 11 is 0. The summed E-state index contributed by atoms with van der Waals surface area (Å²) in [7, 11) is 0. The van der Waals surface area contributed by atoms with Gasteiger partial charge in [-0.15, -0.1) is 0 Å². The zero-order chi connectivity index (χ0) is 18.6. The molecule has 2 heterocycles. The molecule has 0 aliphatic heterocycles. The SMILES string of the molecule is O=C(c1cnc(NCc2cncnc2)nc1)c1cccc(C(F)(F)F)c1. The van der Waals surface area contributed by atoms with Crippen molar-refractivity contribution in [2.24, 2.45) is 0 Å². The van der Waals surface area contributed by atoms with Crippen molar-refractivity contribution in [3.63, 3.8) is 0 Å². The van der Waals surface area contributed by atoms with Gasteiger partial charge < -0.3 is 5.32 Å². The van der Waals surface area contributed by atoms with Crippen LogP contribution in [-0.4, -0.2) is 25.7 Å². The lowest BCUT2D eigenvalue weighted by Gasteiger charge is -2.08. The van der Waals surface area contributed by atoms with Crippen LogP contribution >= 0.6 is 0 Å². The summed E-state index contributed by atoms with van der Waals surface area (Å²) in [5.41, 5.74) is -0.0451. The molecule has 1 N–H and O–H groups in total. The number of ketones is 1. The molecule has 0 radical (unpaired) electrons. The molecule has 3 rings (SSSR count). The number of nitrogens with zero attached hydrogens (tertiary/aromatic N) is 4. The van der Waals surface area contributed by atoms with E-state index >= 15 is 0 Å². The van der Waals surface area contributed by atoms with Gasteiger partial charge in [0.15, 0.2) is 5.78 Å². The number of benzene rings is 1. The molecule has 0 aliphatic rings. The van der Waals surface area contributed by atoms with Gasteiger partial charge >= 0.3 is 6.18 Å². The summed E-state index contributed by atoms with van der Waals surface area (Å²) in [5.74, 6) is -0.312. The van der Waals surface area contributed by atoms with Crippen LogP contribution in [0.2, 0.25) is 0 Å². The molecule has 3 aromatic rings. The van der Waals surface area contributed by atoms with Crippen LogP contribution in [0.4, 0.5) is 19.1 Å². The number of alkyl halides is 3. The first-order valence-electron chi connectivity index (χ1n) is 7.45. The van der Waals surface area contributed by atoms with Gasteiger partial charge in [-0.2, -0.15) is 13.2 Å². The van der Waals surface area contributed by atoms with Gasteiger partial charge in [0.25, 0.3) is 0 Å². The monoisotopic (exact) mass is 359 g/mol. The fourth-order valence-corrected chi connectivity index (χ4v) is 2.14. The normalized spacial score (nSPS) is 11.2. The molecule has 0 aliphatic carbocycles. The van der Waals surface area contributed by atoms with E-state index in [-0.39, 0.29) is 17.1 Å². The molecule has 0 bridgehead atoms. The summed E-state index contributed by atoms with van der Waals surface area (Å²) < 4.78 is 38.3. The summed E-state index contributed by atoms with van der Waals surface area (Å²) in [6, 6.07) is 4.23. The van der Waals surface area contributed by atoms with Crippen LogP contribution in [0.15, 0.2) is 55.4 Å². The van der Waals surface area contributed by atoms with E-state index in [1.807, 2.05) is 0 Å². The maximum Gasteiger partial charge on any atom is 0.416 e. The predicted octanol–water partition coefficient (Wildman–Crippen LogP) is 3.13. The largest absolute Gasteiger partial charge is 0.416 e. The molecule has 6 nitrogen and oxygen atoms in total. The Labute approximate surface area is 146 Å². The van der Waals surface area contributed by atoms with Crippen molar-refractivity contribution in [3.8, 4) is 0 Å². The molecule has 9 heteroatoms. The topological polar surface area (TPSA) is 80.7 Å². The Morgan fingerprint density at radius 1 is 1.00 bits per heavy atom. The first-order valence-corrected chi connectivity index (χ1v) is 7.45. The third-order valence-corrected chi connectivity index (χ3v) is 3.43. The molecular weight excluding hydrogens is 347 g/mol. The first-order chi connectivity index (χ1) is 12.4. The number of aromatic nitrogens is 4. The second-order valence-corrected chi connectivity index (χ2v) is 5.30. The predicted molar refractivity (Wildman–Crippen MR) is 86.3 cm³/mol. The fraction of sp³-hybridized carbons (Fsp3) is 0.118. The Kier molecular flexibility index (Phi) is 4.87. The molecule has 0 saturated heterocycles. The highest BCUT2D eigenvalue weighted by Crippen LogP contribution is 2.29. The Balaban J connectivity index is 1.71. The first kappa shape index (κ1) is 17.5. The van der Waals surface area contributed by atoms with Crippen LogP contribution in [0.1, 0.15) is 27.0 Å². The van der Waals surface area contributed by atoms with Crippen molar-refractivity contribution in [2.45, 2.75) is 12.7 Å². The van der Waals surface area contributed by atoms with Crippen LogP contribution in [0.3, 0.4) is 0 Å². The number of anilines is 1. The molecule has 0 unspecified atom stereocenters. The Morgan fingerprint density at radius 2 is 1.69 bits per heavy atom. The van der Waals surface area contributed by atoms with Gasteiger partial charge in [0.1, 0.15) is 6.33 Å². The van der Waals surface area contributed by atoms with Crippen LogP contribution in [0.25, 0.3) is 0 Å². The summed E-state index contributed by atoms with van der Waals surface area (Å²) in [6.07, 6.45) is 2.69. The lowest BCUT2D eigenvalue weighted by Crippen LogP contribution is -2.09. The number of halogens is 3. The standard InChI is InChI=1S/C17H12F3N5O/c18-17(19,20)14-3-1-2-12(4-14)15(26)13-8-24-16(25-9-13)23-7-11-5-21-10-22-6-11/h1-6,8-10H,7H2,(H,23,24,25). The fourth-order valence-electron chi connectivity index (χ4n) is 2.14. The molecule has 2 aromatic heterocycles. The van der Waals surface area contributed by atoms with Crippen LogP contribution in [0, 0.1) is 0 Å². The van der Waals surface area contributed by atoms with E-state index < -0.39 is 17.5 Å². The van der Waals surface area contributed by atoms with E-state index in [0.717, 1.165) is 17.7 Å². The Bertz CT molecular complexity index is 898. The Hall–Kier alpha value is -3.36. The smallest absolute Gasteiger partial charge is 0.350 e. The summed E-state index contributed by atoms with van der Waals surface area (Å²) in [5, 5.41) is 2.93. The van der Waals surface area contributed by atoms with Crippen LogP contribution < -0.4 is 5.32 Å². The number of hydrogen-bond acceptors (Lipinski definition) is 6. The summed E-state index contributed by atoms with van der Waals surface area (Å²) in [6.45, 7) is 0.391.